The fourth-order valence-electron chi connectivity index (χ4n) is 4.96. The molecule has 6 rings (SSSR count). The standard InChI is InChI=1S/C27H25FN6O/c1-27(28)11-21(12-27)26(35)34-15-19-3-2-18(10-20(19)16-34)25-29-9-8-24(33-25)32-23-6-4-17(5-7-23)22-13-30-31-14-22/h2-10,13-14,21H,11-12,15-16H2,1H3,(H,30,31)(H,29,32,33). The van der Waals surface area contributed by atoms with Gasteiger partial charge in [-0.25, -0.2) is 14.4 Å². The van der Waals surface area contributed by atoms with Crippen LogP contribution in [-0.2, 0) is 17.9 Å². The van der Waals surface area contributed by atoms with Gasteiger partial charge >= 0.3 is 0 Å². The number of carbonyl (C=O) groups excluding carboxylic acids is 1. The van der Waals surface area contributed by atoms with E-state index in [-0.39, 0.29) is 11.8 Å². The second-order valence-corrected chi connectivity index (χ2v) is 9.65. The number of nitrogens with zero attached hydrogens (tertiary/aromatic N) is 4. The number of hydrogen-bond donors (Lipinski definition) is 2. The molecule has 2 N–H and O–H groups in total. The summed E-state index contributed by atoms with van der Waals surface area (Å²) in [5, 5.41) is 10.2. The number of H-pyrrole nitrogens is 1. The van der Waals surface area contributed by atoms with Crippen molar-refractivity contribution in [2.24, 2.45) is 5.92 Å². The van der Waals surface area contributed by atoms with E-state index >= 15 is 0 Å². The van der Waals surface area contributed by atoms with Gasteiger partial charge in [-0.2, -0.15) is 5.10 Å². The summed E-state index contributed by atoms with van der Waals surface area (Å²) in [5.74, 6) is 1.17. The molecule has 8 heteroatoms. The lowest BCUT2D eigenvalue weighted by Crippen LogP contribution is -2.45. The molecule has 1 aliphatic heterocycles. The first-order valence-electron chi connectivity index (χ1n) is 11.7. The molecule has 1 fully saturated rings. The molecule has 0 radical (unpaired) electrons. The van der Waals surface area contributed by atoms with Crippen molar-refractivity contribution in [3.05, 3.63) is 78.2 Å². The number of anilines is 2. The number of rotatable bonds is 5. The number of aromatic amines is 1. The lowest BCUT2D eigenvalue weighted by molar-refractivity contribution is -0.144. The number of aromatic nitrogens is 4. The quantitative estimate of drug-likeness (QED) is 0.417. The minimum atomic E-state index is -1.20. The van der Waals surface area contributed by atoms with E-state index in [9.17, 15) is 9.18 Å². The second-order valence-electron chi connectivity index (χ2n) is 9.65. The Labute approximate surface area is 202 Å². The average molecular weight is 469 g/mol. The lowest BCUT2D eigenvalue weighted by atomic mass is 9.73. The van der Waals surface area contributed by atoms with Crippen molar-refractivity contribution in [2.75, 3.05) is 5.32 Å². The molecule has 3 heterocycles. The van der Waals surface area contributed by atoms with Gasteiger partial charge in [-0.05, 0) is 60.7 Å². The topological polar surface area (TPSA) is 86.8 Å². The van der Waals surface area contributed by atoms with E-state index in [1.54, 1.807) is 19.3 Å². The van der Waals surface area contributed by atoms with Crippen molar-refractivity contribution >= 4 is 17.4 Å². The van der Waals surface area contributed by atoms with Crippen LogP contribution in [0.3, 0.4) is 0 Å². The Kier molecular flexibility index (Phi) is 5.09. The number of carbonyl (C=O) groups is 1. The third-order valence-electron chi connectivity index (χ3n) is 6.84. The van der Waals surface area contributed by atoms with Crippen LogP contribution < -0.4 is 5.32 Å². The molecular weight excluding hydrogens is 443 g/mol. The van der Waals surface area contributed by atoms with E-state index in [1.807, 2.05) is 53.6 Å². The molecule has 1 aliphatic carbocycles. The van der Waals surface area contributed by atoms with E-state index in [0.717, 1.165) is 33.5 Å². The normalized spacial score (nSPS) is 20.9. The minimum absolute atomic E-state index is 0.0547. The predicted octanol–water partition coefficient (Wildman–Crippen LogP) is 5.26. The molecule has 176 valence electrons. The van der Waals surface area contributed by atoms with Crippen LogP contribution in [-0.4, -0.2) is 36.6 Å². The third kappa shape index (κ3) is 4.27. The molecule has 0 unspecified atom stereocenters. The van der Waals surface area contributed by atoms with Crippen molar-refractivity contribution in [1.82, 2.24) is 25.1 Å². The average Bonchev–Trinajstić information content (AvgIpc) is 3.52. The maximum atomic E-state index is 13.9. The van der Waals surface area contributed by atoms with Crippen LogP contribution >= 0.6 is 0 Å². The van der Waals surface area contributed by atoms with Crippen molar-refractivity contribution < 1.29 is 9.18 Å². The molecule has 2 aromatic heterocycles. The molecular formula is C27H25FN6O. The van der Waals surface area contributed by atoms with Gasteiger partial charge in [-0.1, -0.05) is 24.3 Å². The van der Waals surface area contributed by atoms with Gasteiger partial charge in [-0.15, -0.1) is 0 Å². The molecule has 0 atom stereocenters. The van der Waals surface area contributed by atoms with Crippen LogP contribution in [0.4, 0.5) is 15.9 Å². The molecule has 0 bridgehead atoms. The Morgan fingerprint density at radius 3 is 2.57 bits per heavy atom. The van der Waals surface area contributed by atoms with E-state index in [0.29, 0.717) is 37.6 Å². The van der Waals surface area contributed by atoms with Crippen LogP contribution in [0.1, 0.15) is 30.9 Å². The summed E-state index contributed by atoms with van der Waals surface area (Å²) < 4.78 is 13.9. The lowest BCUT2D eigenvalue weighted by Gasteiger charge is -2.39. The summed E-state index contributed by atoms with van der Waals surface area (Å²) >= 11 is 0. The van der Waals surface area contributed by atoms with Gasteiger partial charge in [0.2, 0.25) is 5.91 Å². The molecule has 7 nitrogen and oxygen atoms in total. The number of hydrogen-bond acceptors (Lipinski definition) is 5. The zero-order valence-corrected chi connectivity index (χ0v) is 19.3. The Balaban J connectivity index is 1.15. The van der Waals surface area contributed by atoms with Crippen molar-refractivity contribution in [1.29, 1.82) is 0 Å². The highest BCUT2D eigenvalue weighted by Gasteiger charge is 2.46. The number of fused-ring (bicyclic) bond motifs is 1. The highest BCUT2D eigenvalue weighted by molar-refractivity contribution is 5.81. The maximum Gasteiger partial charge on any atom is 0.226 e. The molecule has 4 aromatic rings. The largest absolute Gasteiger partial charge is 0.340 e. The molecule has 2 aromatic carbocycles. The van der Waals surface area contributed by atoms with Gasteiger partial charge < -0.3 is 10.2 Å². The van der Waals surface area contributed by atoms with Gasteiger partial charge in [0.25, 0.3) is 0 Å². The highest BCUT2D eigenvalue weighted by atomic mass is 19.1. The Morgan fingerprint density at radius 1 is 1.06 bits per heavy atom. The molecule has 35 heavy (non-hydrogen) atoms. The van der Waals surface area contributed by atoms with E-state index in [1.165, 1.54) is 0 Å². The van der Waals surface area contributed by atoms with Crippen LogP contribution in [0, 0.1) is 5.92 Å². The number of alkyl halides is 1. The highest BCUT2D eigenvalue weighted by Crippen LogP contribution is 2.42. The van der Waals surface area contributed by atoms with Gasteiger partial charge in [0.15, 0.2) is 5.82 Å². The van der Waals surface area contributed by atoms with Crippen LogP contribution in [0.25, 0.3) is 22.5 Å². The summed E-state index contributed by atoms with van der Waals surface area (Å²) in [6.45, 7) is 2.69. The van der Waals surface area contributed by atoms with Gasteiger partial charge in [0.05, 0.1) is 6.20 Å². The molecule has 2 aliphatic rings. The summed E-state index contributed by atoms with van der Waals surface area (Å²) in [5.41, 5.74) is 4.95. The first-order chi connectivity index (χ1) is 16.9. The fraction of sp³-hybridized carbons (Fsp3) is 0.259. The van der Waals surface area contributed by atoms with Gasteiger partial charge in [0, 0.05) is 48.2 Å². The zero-order valence-electron chi connectivity index (χ0n) is 19.3. The zero-order chi connectivity index (χ0) is 24.0. The Morgan fingerprint density at radius 2 is 1.83 bits per heavy atom. The minimum Gasteiger partial charge on any atom is -0.340 e. The SMILES string of the molecule is CC1(F)CC(C(=O)N2Cc3ccc(-c4nccc(Nc5ccc(-c6cn[nH]c6)cc5)n4)cc3C2)C1. The summed E-state index contributed by atoms with van der Waals surface area (Å²) in [6.07, 6.45) is 6.03. The van der Waals surface area contributed by atoms with Gasteiger partial charge in [0.1, 0.15) is 11.5 Å². The molecule has 0 saturated heterocycles. The number of benzene rings is 2. The van der Waals surface area contributed by atoms with Crippen molar-refractivity contribution in [3.63, 3.8) is 0 Å². The smallest absolute Gasteiger partial charge is 0.226 e. The van der Waals surface area contributed by atoms with Crippen molar-refractivity contribution in [2.45, 2.75) is 38.5 Å². The van der Waals surface area contributed by atoms with Gasteiger partial charge in [-0.3, -0.25) is 9.89 Å². The van der Waals surface area contributed by atoms with Crippen LogP contribution in [0.15, 0.2) is 67.1 Å². The maximum absolute atomic E-state index is 13.9. The van der Waals surface area contributed by atoms with Crippen molar-refractivity contribution in [3.8, 4) is 22.5 Å². The summed E-state index contributed by atoms with van der Waals surface area (Å²) in [6, 6.07) is 16.0. The molecule has 0 spiro atoms. The van der Waals surface area contributed by atoms with E-state index in [4.69, 9.17) is 4.98 Å². The van der Waals surface area contributed by atoms with Crippen LogP contribution in [0.5, 0.6) is 0 Å². The first kappa shape index (κ1) is 21.5. The Hall–Kier alpha value is -4.07. The fourth-order valence-corrected chi connectivity index (χ4v) is 4.96. The molecule has 1 saturated carbocycles. The molecule has 1 amide bonds. The third-order valence-corrected chi connectivity index (χ3v) is 6.84. The monoisotopic (exact) mass is 468 g/mol. The number of halogens is 1. The number of nitrogens with one attached hydrogen (secondary N) is 2. The summed E-state index contributed by atoms with van der Waals surface area (Å²) in [7, 11) is 0. The summed E-state index contributed by atoms with van der Waals surface area (Å²) in [4.78, 5) is 23.8. The second kappa shape index (κ2) is 8.30. The number of amides is 1. The first-order valence-corrected chi connectivity index (χ1v) is 11.7. The van der Waals surface area contributed by atoms with Crippen LogP contribution in [0.2, 0.25) is 0 Å². The predicted molar refractivity (Wildman–Crippen MR) is 131 cm³/mol. The van der Waals surface area contributed by atoms with E-state index < -0.39 is 5.67 Å². The Bertz CT molecular complexity index is 1380. The van der Waals surface area contributed by atoms with E-state index in [2.05, 4.69) is 26.6 Å².